The van der Waals surface area contributed by atoms with Crippen molar-refractivity contribution in [2.45, 2.75) is 19.3 Å². The van der Waals surface area contributed by atoms with E-state index in [1.165, 1.54) is 0 Å². The predicted octanol–water partition coefficient (Wildman–Crippen LogP) is 1.74. The molecule has 1 atom stereocenters. The van der Waals surface area contributed by atoms with Crippen LogP contribution in [0.4, 0.5) is 11.8 Å². The van der Waals surface area contributed by atoms with E-state index in [0.29, 0.717) is 11.9 Å². The fourth-order valence-corrected chi connectivity index (χ4v) is 2.46. The van der Waals surface area contributed by atoms with Gasteiger partial charge in [-0.2, -0.15) is 0 Å². The van der Waals surface area contributed by atoms with E-state index in [-0.39, 0.29) is 0 Å². The summed E-state index contributed by atoms with van der Waals surface area (Å²) in [7, 11) is 2.13. The average Bonchev–Trinajstić information content (AvgIpc) is 2.86. The fraction of sp³-hybridized carbons (Fsp3) is 0.429. The number of nitrogens with zero attached hydrogens (tertiary/aromatic N) is 5. The molecular weight excluding hydrogens is 252 g/mol. The molecule has 2 aromatic rings. The Morgan fingerprint density at radius 3 is 2.75 bits per heavy atom. The Morgan fingerprint density at radius 2 is 2.05 bits per heavy atom. The summed E-state index contributed by atoms with van der Waals surface area (Å²) in [5, 5.41) is 3.13. The van der Waals surface area contributed by atoms with Crippen LogP contribution < -0.4 is 5.32 Å². The molecule has 6 heteroatoms. The van der Waals surface area contributed by atoms with Gasteiger partial charge in [-0.15, -0.1) is 0 Å². The fourth-order valence-electron chi connectivity index (χ4n) is 2.46. The van der Waals surface area contributed by atoms with Crippen LogP contribution in [0.25, 0.3) is 0 Å². The first-order chi connectivity index (χ1) is 9.70. The lowest BCUT2D eigenvalue weighted by Crippen LogP contribution is -2.15. The monoisotopic (exact) mass is 270 g/mol. The molecule has 3 rings (SSSR count). The first kappa shape index (κ1) is 12.9. The number of hydrogen-bond acceptors (Lipinski definition) is 6. The number of rotatable bonds is 3. The number of anilines is 2. The van der Waals surface area contributed by atoms with Crippen molar-refractivity contribution >= 4 is 11.8 Å². The van der Waals surface area contributed by atoms with Gasteiger partial charge in [0.1, 0.15) is 11.6 Å². The Labute approximate surface area is 118 Å². The second kappa shape index (κ2) is 5.50. The Hall–Kier alpha value is -2.08. The lowest BCUT2D eigenvalue weighted by Gasteiger charge is -2.12. The molecule has 6 nitrogen and oxygen atoms in total. The maximum absolute atomic E-state index is 4.62. The second-order valence-corrected chi connectivity index (χ2v) is 5.20. The van der Waals surface area contributed by atoms with E-state index < -0.39 is 0 Å². The van der Waals surface area contributed by atoms with Crippen LogP contribution in [0.3, 0.4) is 0 Å². The van der Waals surface area contributed by atoms with Crippen molar-refractivity contribution in [1.82, 2.24) is 24.8 Å². The van der Waals surface area contributed by atoms with Gasteiger partial charge in [0.25, 0.3) is 0 Å². The zero-order valence-electron chi connectivity index (χ0n) is 11.7. The molecule has 0 saturated carbocycles. The number of likely N-dealkylation sites (tertiary alicyclic amines) is 1. The Balaban J connectivity index is 1.83. The number of likely N-dealkylation sites (N-methyl/N-ethyl adjacent to an activating group) is 1. The van der Waals surface area contributed by atoms with Crippen LogP contribution in [-0.4, -0.2) is 45.0 Å². The van der Waals surface area contributed by atoms with Gasteiger partial charge in [-0.05, 0) is 33.0 Å². The number of nitrogens with one attached hydrogen (secondary N) is 1. The summed E-state index contributed by atoms with van der Waals surface area (Å²) in [6.07, 6.45) is 4.52. The molecule has 0 radical (unpaired) electrons. The minimum absolute atomic E-state index is 0.414. The van der Waals surface area contributed by atoms with Gasteiger partial charge in [-0.25, -0.2) is 19.9 Å². The number of aromatic nitrogens is 4. The maximum Gasteiger partial charge on any atom is 0.228 e. The van der Waals surface area contributed by atoms with E-state index in [2.05, 4.69) is 37.2 Å². The standard InChI is InChI=1S/C14H18N6/c1-10-8-12(19-14-15-5-3-6-16-14)18-13(17-10)11-4-7-20(2)9-11/h3,5-6,8,11H,4,7,9H2,1-2H3,(H,15,16,17,18,19)/t11-/m1/s1. The van der Waals surface area contributed by atoms with Crippen molar-refractivity contribution in [2.75, 3.05) is 25.5 Å². The highest BCUT2D eigenvalue weighted by molar-refractivity contribution is 5.47. The summed E-state index contributed by atoms with van der Waals surface area (Å²) in [5.74, 6) is 2.64. The quantitative estimate of drug-likeness (QED) is 0.916. The highest BCUT2D eigenvalue weighted by atomic mass is 15.2. The second-order valence-electron chi connectivity index (χ2n) is 5.20. The van der Waals surface area contributed by atoms with Gasteiger partial charge in [-0.1, -0.05) is 0 Å². The first-order valence-electron chi connectivity index (χ1n) is 6.79. The molecule has 0 spiro atoms. The Bertz CT molecular complexity index is 585. The topological polar surface area (TPSA) is 66.8 Å². The van der Waals surface area contributed by atoms with Crippen LogP contribution in [-0.2, 0) is 0 Å². The third-order valence-electron chi connectivity index (χ3n) is 3.43. The van der Waals surface area contributed by atoms with E-state index in [0.717, 1.165) is 36.8 Å². The van der Waals surface area contributed by atoms with Crippen LogP contribution in [0.15, 0.2) is 24.5 Å². The van der Waals surface area contributed by atoms with Gasteiger partial charge in [0.05, 0.1) is 0 Å². The molecule has 0 aromatic carbocycles. The zero-order valence-corrected chi connectivity index (χ0v) is 11.7. The Morgan fingerprint density at radius 1 is 1.25 bits per heavy atom. The molecule has 0 amide bonds. The Kier molecular flexibility index (Phi) is 3.56. The first-order valence-corrected chi connectivity index (χ1v) is 6.79. The highest BCUT2D eigenvalue weighted by Gasteiger charge is 2.24. The maximum atomic E-state index is 4.62. The molecular formula is C14H18N6. The van der Waals surface area contributed by atoms with Gasteiger partial charge < -0.3 is 10.2 Å². The van der Waals surface area contributed by atoms with Gasteiger partial charge in [0, 0.05) is 36.6 Å². The summed E-state index contributed by atoms with van der Waals surface area (Å²) >= 11 is 0. The van der Waals surface area contributed by atoms with Gasteiger partial charge in [0.2, 0.25) is 5.95 Å². The van der Waals surface area contributed by atoms with Gasteiger partial charge in [-0.3, -0.25) is 0 Å². The van der Waals surface area contributed by atoms with Crippen LogP contribution in [0.1, 0.15) is 23.9 Å². The minimum atomic E-state index is 0.414. The van der Waals surface area contributed by atoms with E-state index in [9.17, 15) is 0 Å². The van der Waals surface area contributed by atoms with E-state index in [1.54, 1.807) is 18.5 Å². The smallest absolute Gasteiger partial charge is 0.228 e. The van der Waals surface area contributed by atoms with Gasteiger partial charge in [0.15, 0.2) is 0 Å². The van der Waals surface area contributed by atoms with Crippen molar-refractivity contribution in [3.63, 3.8) is 0 Å². The largest absolute Gasteiger partial charge is 0.309 e. The summed E-state index contributed by atoms with van der Waals surface area (Å²) in [5.41, 5.74) is 0.961. The third kappa shape index (κ3) is 2.91. The SMILES string of the molecule is Cc1cc(Nc2ncccn2)nc([C@@H]2CCN(C)C2)n1. The molecule has 1 saturated heterocycles. The third-order valence-corrected chi connectivity index (χ3v) is 3.43. The summed E-state index contributed by atoms with van der Waals surface area (Å²) in [6.45, 7) is 4.11. The molecule has 20 heavy (non-hydrogen) atoms. The van der Waals surface area contributed by atoms with Crippen molar-refractivity contribution in [1.29, 1.82) is 0 Å². The molecule has 0 unspecified atom stereocenters. The molecule has 1 aliphatic rings. The van der Waals surface area contributed by atoms with Crippen molar-refractivity contribution in [3.8, 4) is 0 Å². The van der Waals surface area contributed by atoms with Crippen molar-refractivity contribution < 1.29 is 0 Å². The molecule has 0 aliphatic carbocycles. The summed E-state index contributed by atoms with van der Waals surface area (Å²) < 4.78 is 0. The average molecular weight is 270 g/mol. The van der Waals surface area contributed by atoms with Crippen molar-refractivity contribution in [3.05, 3.63) is 36.0 Å². The zero-order chi connectivity index (χ0) is 13.9. The molecule has 104 valence electrons. The van der Waals surface area contributed by atoms with Crippen LogP contribution in [0, 0.1) is 6.92 Å². The molecule has 2 aromatic heterocycles. The van der Waals surface area contributed by atoms with Crippen LogP contribution in [0.2, 0.25) is 0 Å². The van der Waals surface area contributed by atoms with E-state index in [4.69, 9.17) is 0 Å². The molecule has 3 heterocycles. The highest BCUT2D eigenvalue weighted by Crippen LogP contribution is 2.25. The summed E-state index contributed by atoms with van der Waals surface area (Å²) in [6, 6.07) is 3.70. The van der Waals surface area contributed by atoms with Crippen LogP contribution >= 0.6 is 0 Å². The lowest BCUT2D eigenvalue weighted by molar-refractivity contribution is 0.409. The molecule has 1 fully saturated rings. The molecule has 1 N–H and O–H groups in total. The molecule has 1 aliphatic heterocycles. The number of aryl methyl sites for hydroxylation is 1. The van der Waals surface area contributed by atoms with E-state index in [1.807, 2.05) is 13.0 Å². The summed E-state index contributed by atoms with van der Waals surface area (Å²) in [4.78, 5) is 19.8. The van der Waals surface area contributed by atoms with Crippen LogP contribution in [0.5, 0.6) is 0 Å². The minimum Gasteiger partial charge on any atom is -0.309 e. The normalized spacial score (nSPS) is 19.2. The van der Waals surface area contributed by atoms with Gasteiger partial charge >= 0.3 is 0 Å². The van der Waals surface area contributed by atoms with Crippen molar-refractivity contribution in [2.24, 2.45) is 0 Å². The predicted molar refractivity (Wildman–Crippen MR) is 76.9 cm³/mol. The van der Waals surface area contributed by atoms with E-state index >= 15 is 0 Å². The number of hydrogen-bond donors (Lipinski definition) is 1. The molecule has 0 bridgehead atoms. The lowest BCUT2D eigenvalue weighted by atomic mass is 10.1.